The minimum absolute atomic E-state index is 0.125. The molecule has 0 saturated heterocycles. The van der Waals surface area contributed by atoms with Crippen molar-refractivity contribution >= 4 is 10.2 Å². The molecule has 0 saturated carbocycles. The third kappa shape index (κ3) is 3.20. The van der Waals surface area contributed by atoms with E-state index in [4.69, 9.17) is 4.74 Å². The number of rotatable bonds is 5. The Kier molecular flexibility index (Phi) is 4.79. The molecule has 1 aliphatic heterocycles. The van der Waals surface area contributed by atoms with Crippen LogP contribution < -0.4 is 0 Å². The molecule has 0 N–H and O–H groups in total. The lowest BCUT2D eigenvalue weighted by atomic mass is 10.1. The summed E-state index contributed by atoms with van der Waals surface area (Å²) in [5.41, 5.74) is 0.912. The maximum absolute atomic E-state index is 12.4. The van der Waals surface area contributed by atoms with Crippen LogP contribution in [0.3, 0.4) is 0 Å². The van der Waals surface area contributed by atoms with Crippen LogP contribution in [-0.2, 0) is 28.0 Å². The first kappa shape index (κ1) is 15.4. The summed E-state index contributed by atoms with van der Waals surface area (Å²) in [5.74, 6) is 0.125. The van der Waals surface area contributed by atoms with Crippen molar-refractivity contribution in [2.24, 2.45) is 5.92 Å². The van der Waals surface area contributed by atoms with Crippen molar-refractivity contribution in [2.45, 2.75) is 20.0 Å². The van der Waals surface area contributed by atoms with Crippen LogP contribution in [0.25, 0.3) is 0 Å². The summed E-state index contributed by atoms with van der Waals surface area (Å²) in [6.45, 7) is 4.66. The van der Waals surface area contributed by atoms with Crippen LogP contribution in [0.4, 0.5) is 0 Å². The van der Waals surface area contributed by atoms with Gasteiger partial charge in [0.1, 0.15) is 0 Å². The molecule has 7 nitrogen and oxygen atoms in total. The molecule has 2 rings (SSSR count). The largest absolute Gasteiger partial charge is 0.381 e. The lowest BCUT2D eigenvalue weighted by Crippen LogP contribution is -2.42. The molecule has 0 aromatic carbocycles. The zero-order valence-electron chi connectivity index (χ0n) is 12.2. The fourth-order valence-electron chi connectivity index (χ4n) is 2.31. The van der Waals surface area contributed by atoms with Gasteiger partial charge >= 0.3 is 0 Å². The van der Waals surface area contributed by atoms with Crippen LogP contribution in [0.1, 0.15) is 12.6 Å². The van der Waals surface area contributed by atoms with Crippen molar-refractivity contribution in [3.8, 4) is 0 Å². The number of hydrogen-bond donors (Lipinski definition) is 0. The van der Waals surface area contributed by atoms with Crippen LogP contribution >= 0.6 is 0 Å². The van der Waals surface area contributed by atoms with Crippen LogP contribution in [-0.4, -0.2) is 60.4 Å². The molecule has 20 heavy (non-hydrogen) atoms. The average Bonchev–Trinajstić information content (AvgIpc) is 2.74. The molecular weight excluding hydrogens is 280 g/mol. The second-order valence-electron chi connectivity index (χ2n) is 5.15. The number of nitrogens with zero attached hydrogens (tertiary/aromatic N) is 4. The molecule has 0 spiro atoms. The van der Waals surface area contributed by atoms with Crippen molar-refractivity contribution in [1.82, 2.24) is 18.2 Å². The highest BCUT2D eigenvalue weighted by Crippen LogP contribution is 2.20. The molecule has 0 fully saturated rings. The van der Waals surface area contributed by atoms with Crippen molar-refractivity contribution in [3.63, 3.8) is 0 Å². The smallest absolute Gasteiger partial charge is 0.281 e. The first-order valence-corrected chi connectivity index (χ1v) is 8.09. The summed E-state index contributed by atoms with van der Waals surface area (Å²) in [5, 5.41) is 0. The van der Waals surface area contributed by atoms with E-state index in [1.54, 1.807) is 26.6 Å². The Bertz CT molecular complexity index is 541. The zero-order valence-corrected chi connectivity index (χ0v) is 13.0. The van der Waals surface area contributed by atoms with Gasteiger partial charge in [-0.15, -0.1) is 0 Å². The van der Waals surface area contributed by atoms with E-state index in [1.807, 2.05) is 11.5 Å². The molecule has 1 atom stereocenters. The van der Waals surface area contributed by atoms with E-state index in [0.717, 1.165) is 12.2 Å². The Labute approximate surface area is 120 Å². The summed E-state index contributed by atoms with van der Waals surface area (Å²) in [6, 6.07) is 0. The zero-order chi connectivity index (χ0) is 14.8. The Hall–Kier alpha value is -0.960. The first-order valence-electron chi connectivity index (χ1n) is 6.69. The number of imidazole rings is 1. The van der Waals surface area contributed by atoms with E-state index < -0.39 is 10.2 Å². The van der Waals surface area contributed by atoms with E-state index in [0.29, 0.717) is 26.3 Å². The van der Waals surface area contributed by atoms with Gasteiger partial charge in [-0.25, -0.2) is 4.98 Å². The summed E-state index contributed by atoms with van der Waals surface area (Å²) in [6.07, 6.45) is 3.47. The summed E-state index contributed by atoms with van der Waals surface area (Å²) < 4.78 is 35.0. The van der Waals surface area contributed by atoms with Crippen molar-refractivity contribution in [2.75, 3.05) is 33.9 Å². The topological polar surface area (TPSA) is 67.7 Å². The monoisotopic (exact) mass is 302 g/mol. The Morgan fingerprint density at radius 1 is 1.45 bits per heavy atom. The molecule has 1 unspecified atom stereocenters. The third-order valence-electron chi connectivity index (χ3n) is 3.40. The summed E-state index contributed by atoms with van der Waals surface area (Å²) in [4.78, 5) is 4.11. The molecule has 1 aromatic heterocycles. The van der Waals surface area contributed by atoms with Gasteiger partial charge in [0.25, 0.3) is 10.2 Å². The van der Waals surface area contributed by atoms with Crippen LogP contribution in [0.2, 0.25) is 0 Å². The Balaban J connectivity index is 2.25. The number of ether oxygens (including phenoxy) is 1. The normalized spacial score (nSPS) is 20.9. The van der Waals surface area contributed by atoms with Crippen LogP contribution in [0, 0.1) is 5.92 Å². The van der Waals surface area contributed by atoms with E-state index in [9.17, 15) is 8.42 Å². The minimum atomic E-state index is -3.43. The highest BCUT2D eigenvalue weighted by atomic mass is 32.2. The lowest BCUT2D eigenvalue weighted by molar-refractivity contribution is 0.0972. The predicted octanol–water partition coefficient (Wildman–Crippen LogP) is 0.158. The van der Waals surface area contributed by atoms with Crippen LogP contribution in [0.15, 0.2) is 12.5 Å². The van der Waals surface area contributed by atoms with Gasteiger partial charge in [0.15, 0.2) is 0 Å². The van der Waals surface area contributed by atoms with Crippen molar-refractivity contribution in [1.29, 1.82) is 0 Å². The highest BCUT2D eigenvalue weighted by molar-refractivity contribution is 7.86. The second-order valence-corrected chi connectivity index (χ2v) is 7.29. The average molecular weight is 302 g/mol. The fourth-order valence-corrected chi connectivity index (χ4v) is 3.47. The molecule has 2 heterocycles. The predicted molar refractivity (Wildman–Crippen MR) is 75.2 cm³/mol. The Morgan fingerprint density at radius 3 is 2.85 bits per heavy atom. The standard InChI is InChI=1S/C12H22N4O3S/c1-4-19-9-11-6-15-10-13-5-12(15)8-16(7-11)20(17,18)14(2)3/h5,10-11H,4,6-9H2,1-3H3. The molecule has 8 heteroatoms. The van der Waals surface area contributed by atoms with Gasteiger partial charge < -0.3 is 9.30 Å². The molecule has 0 radical (unpaired) electrons. The van der Waals surface area contributed by atoms with Gasteiger partial charge in [0, 0.05) is 45.9 Å². The number of aromatic nitrogens is 2. The van der Waals surface area contributed by atoms with Gasteiger partial charge in [-0.3, -0.25) is 0 Å². The quantitative estimate of drug-likeness (QED) is 0.777. The molecular formula is C12H22N4O3S. The third-order valence-corrected chi connectivity index (χ3v) is 5.25. The SMILES string of the molecule is CCOCC1CN(S(=O)(=O)N(C)C)Cc2cncn2C1. The maximum atomic E-state index is 12.4. The van der Waals surface area contributed by atoms with E-state index in [2.05, 4.69) is 4.98 Å². The van der Waals surface area contributed by atoms with E-state index >= 15 is 0 Å². The molecule has 1 aromatic rings. The van der Waals surface area contributed by atoms with Gasteiger partial charge in [0.05, 0.1) is 25.2 Å². The Morgan fingerprint density at radius 2 is 2.20 bits per heavy atom. The first-order chi connectivity index (χ1) is 9.45. The maximum Gasteiger partial charge on any atom is 0.281 e. The molecule has 1 aliphatic rings. The molecule has 0 amide bonds. The van der Waals surface area contributed by atoms with Crippen LogP contribution in [0.5, 0.6) is 0 Å². The minimum Gasteiger partial charge on any atom is -0.381 e. The summed E-state index contributed by atoms with van der Waals surface area (Å²) in [7, 11) is -0.331. The second kappa shape index (κ2) is 6.21. The fraction of sp³-hybridized carbons (Fsp3) is 0.750. The molecule has 114 valence electrons. The summed E-state index contributed by atoms with van der Waals surface area (Å²) >= 11 is 0. The van der Waals surface area contributed by atoms with Gasteiger partial charge in [-0.1, -0.05) is 0 Å². The number of fused-ring (bicyclic) bond motifs is 1. The molecule has 0 aliphatic carbocycles. The van der Waals surface area contributed by atoms with Gasteiger partial charge in [-0.05, 0) is 6.92 Å². The molecule has 0 bridgehead atoms. The lowest BCUT2D eigenvalue weighted by Gasteiger charge is -2.26. The highest BCUT2D eigenvalue weighted by Gasteiger charge is 2.31. The van der Waals surface area contributed by atoms with Crippen molar-refractivity contribution in [3.05, 3.63) is 18.2 Å². The number of hydrogen-bond acceptors (Lipinski definition) is 4. The van der Waals surface area contributed by atoms with E-state index in [1.165, 1.54) is 8.61 Å². The van der Waals surface area contributed by atoms with Crippen molar-refractivity contribution < 1.29 is 13.2 Å². The van der Waals surface area contributed by atoms with Gasteiger partial charge in [0.2, 0.25) is 0 Å². The van der Waals surface area contributed by atoms with E-state index in [-0.39, 0.29) is 5.92 Å². The van der Waals surface area contributed by atoms with Gasteiger partial charge in [-0.2, -0.15) is 17.0 Å².